The molecule has 20 heavy (non-hydrogen) atoms. The van der Waals surface area contributed by atoms with Crippen LogP contribution >= 0.6 is 0 Å². The summed E-state index contributed by atoms with van der Waals surface area (Å²) in [5, 5.41) is 9.39. The number of aliphatic carboxylic acids is 1. The Hall–Kier alpha value is -1.98. The summed E-state index contributed by atoms with van der Waals surface area (Å²) in [6.07, 6.45) is 2.86. The van der Waals surface area contributed by atoms with Gasteiger partial charge in [0, 0.05) is 19.3 Å². The standard InChI is InChI=1S/C14H17FN2O3/c1-2-14(13(19)20)6-4-8-17(9-14)12(18)10-5-3-7-16-11(10)15/h3,5,7H,2,4,6,8-9H2,1H3,(H,19,20). The molecule has 5 nitrogen and oxygen atoms in total. The van der Waals surface area contributed by atoms with Crippen molar-refractivity contribution in [3.63, 3.8) is 0 Å². The van der Waals surface area contributed by atoms with Crippen LogP contribution in [0.5, 0.6) is 0 Å². The molecule has 1 aliphatic rings. The van der Waals surface area contributed by atoms with Gasteiger partial charge < -0.3 is 10.0 Å². The van der Waals surface area contributed by atoms with E-state index in [4.69, 9.17) is 0 Å². The molecule has 2 heterocycles. The quantitative estimate of drug-likeness (QED) is 0.859. The number of hydrogen-bond acceptors (Lipinski definition) is 3. The summed E-state index contributed by atoms with van der Waals surface area (Å²) < 4.78 is 13.6. The largest absolute Gasteiger partial charge is 0.481 e. The van der Waals surface area contributed by atoms with Gasteiger partial charge in [-0.1, -0.05) is 6.92 Å². The van der Waals surface area contributed by atoms with Gasteiger partial charge in [0.05, 0.1) is 11.0 Å². The summed E-state index contributed by atoms with van der Waals surface area (Å²) in [5.74, 6) is -2.21. The fourth-order valence-electron chi connectivity index (χ4n) is 2.64. The molecule has 0 aliphatic carbocycles. The minimum absolute atomic E-state index is 0.107. The monoisotopic (exact) mass is 280 g/mol. The summed E-state index contributed by atoms with van der Waals surface area (Å²) in [7, 11) is 0. The molecule has 1 unspecified atom stereocenters. The smallest absolute Gasteiger partial charge is 0.311 e. The lowest BCUT2D eigenvalue weighted by molar-refractivity contribution is -0.152. The number of carbonyl (C=O) groups excluding carboxylic acids is 1. The first-order valence-electron chi connectivity index (χ1n) is 6.63. The maximum atomic E-state index is 13.6. The Bertz CT molecular complexity index is 535. The van der Waals surface area contributed by atoms with Crippen LogP contribution in [0.4, 0.5) is 4.39 Å². The highest BCUT2D eigenvalue weighted by atomic mass is 19.1. The number of nitrogens with zero attached hydrogens (tertiary/aromatic N) is 2. The number of hydrogen-bond donors (Lipinski definition) is 1. The third-order valence-electron chi connectivity index (χ3n) is 3.98. The second kappa shape index (κ2) is 5.56. The van der Waals surface area contributed by atoms with Crippen molar-refractivity contribution in [1.82, 2.24) is 9.88 Å². The molecule has 0 aromatic carbocycles. The van der Waals surface area contributed by atoms with Crippen LogP contribution in [0.2, 0.25) is 0 Å². The van der Waals surface area contributed by atoms with Gasteiger partial charge in [0.1, 0.15) is 0 Å². The van der Waals surface area contributed by atoms with E-state index in [-0.39, 0.29) is 12.1 Å². The predicted molar refractivity (Wildman–Crippen MR) is 69.7 cm³/mol. The van der Waals surface area contributed by atoms with E-state index in [0.29, 0.717) is 25.8 Å². The van der Waals surface area contributed by atoms with E-state index in [9.17, 15) is 19.1 Å². The predicted octanol–water partition coefficient (Wildman–Crippen LogP) is 1.94. The molecule has 1 fully saturated rings. The number of carbonyl (C=O) groups is 2. The van der Waals surface area contributed by atoms with Crippen molar-refractivity contribution in [3.05, 3.63) is 29.8 Å². The van der Waals surface area contributed by atoms with Gasteiger partial charge in [-0.25, -0.2) is 4.98 Å². The molecule has 0 radical (unpaired) electrons. The van der Waals surface area contributed by atoms with Crippen molar-refractivity contribution in [2.24, 2.45) is 5.41 Å². The number of halogens is 1. The van der Waals surface area contributed by atoms with Crippen molar-refractivity contribution in [3.8, 4) is 0 Å². The Morgan fingerprint density at radius 3 is 2.90 bits per heavy atom. The first-order chi connectivity index (χ1) is 9.50. The third kappa shape index (κ3) is 2.50. The van der Waals surface area contributed by atoms with Crippen LogP contribution in [0.1, 0.15) is 36.5 Å². The number of piperidine rings is 1. The van der Waals surface area contributed by atoms with Crippen molar-refractivity contribution in [2.75, 3.05) is 13.1 Å². The SMILES string of the molecule is CCC1(C(=O)O)CCCN(C(=O)c2cccnc2F)C1. The maximum absolute atomic E-state index is 13.6. The third-order valence-corrected chi connectivity index (χ3v) is 3.98. The molecule has 1 amide bonds. The molecular formula is C14H17FN2O3. The average Bonchev–Trinajstić information content (AvgIpc) is 2.47. The molecule has 0 saturated carbocycles. The maximum Gasteiger partial charge on any atom is 0.311 e. The summed E-state index contributed by atoms with van der Waals surface area (Å²) >= 11 is 0. The van der Waals surface area contributed by atoms with E-state index in [2.05, 4.69) is 4.98 Å². The number of carboxylic acids is 1. The number of likely N-dealkylation sites (tertiary alicyclic amines) is 1. The first kappa shape index (κ1) is 14.4. The number of pyridine rings is 1. The minimum atomic E-state index is -0.924. The second-order valence-electron chi connectivity index (χ2n) is 5.11. The molecule has 1 saturated heterocycles. The van der Waals surface area contributed by atoms with Crippen LogP contribution in [0.15, 0.2) is 18.3 Å². The van der Waals surface area contributed by atoms with E-state index in [1.807, 2.05) is 0 Å². The molecule has 2 rings (SSSR count). The number of rotatable bonds is 3. The lowest BCUT2D eigenvalue weighted by atomic mass is 9.77. The van der Waals surface area contributed by atoms with E-state index in [1.165, 1.54) is 23.2 Å². The summed E-state index contributed by atoms with van der Waals surface area (Å²) in [6.45, 7) is 2.36. The van der Waals surface area contributed by atoms with Gasteiger partial charge in [-0.05, 0) is 31.4 Å². The number of aromatic nitrogens is 1. The molecule has 0 spiro atoms. The molecule has 108 valence electrons. The number of amides is 1. The van der Waals surface area contributed by atoms with Crippen LogP contribution in [-0.2, 0) is 4.79 Å². The molecule has 1 aromatic heterocycles. The van der Waals surface area contributed by atoms with E-state index >= 15 is 0 Å². The Morgan fingerprint density at radius 2 is 2.30 bits per heavy atom. The minimum Gasteiger partial charge on any atom is -0.481 e. The number of carboxylic acid groups (broad SMARTS) is 1. The fourth-order valence-corrected chi connectivity index (χ4v) is 2.64. The van der Waals surface area contributed by atoms with E-state index in [1.54, 1.807) is 6.92 Å². The van der Waals surface area contributed by atoms with Gasteiger partial charge in [0.25, 0.3) is 5.91 Å². The van der Waals surface area contributed by atoms with Gasteiger partial charge in [-0.2, -0.15) is 4.39 Å². The molecule has 1 aromatic rings. The van der Waals surface area contributed by atoms with Crippen molar-refractivity contribution < 1.29 is 19.1 Å². The zero-order valence-electron chi connectivity index (χ0n) is 11.3. The Kier molecular flexibility index (Phi) is 4.01. The van der Waals surface area contributed by atoms with Crippen molar-refractivity contribution in [1.29, 1.82) is 0 Å². The van der Waals surface area contributed by atoms with Gasteiger partial charge in [-0.3, -0.25) is 9.59 Å². The zero-order chi connectivity index (χ0) is 14.8. The Balaban J connectivity index is 2.23. The molecule has 1 atom stereocenters. The summed E-state index contributed by atoms with van der Waals surface area (Å²) in [4.78, 5) is 28.6. The van der Waals surface area contributed by atoms with Gasteiger partial charge in [-0.15, -0.1) is 0 Å². The molecule has 6 heteroatoms. The molecule has 0 bridgehead atoms. The van der Waals surface area contributed by atoms with Crippen LogP contribution < -0.4 is 0 Å². The van der Waals surface area contributed by atoms with Gasteiger partial charge in [0.15, 0.2) is 0 Å². The fraction of sp³-hybridized carbons (Fsp3) is 0.500. The van der Waals surface area contributed by atoms with Crippen LogP contribution in [-0.4, -0.2) is 40.0 Å². The lowest BCUT2D eigenvalue weighted by Gasteiger charge is -2.39. The zero-order valence-corrected chi connectivity index (χ0v) is 11.3. The van der Waals surface area contributed by atoms with Gasteiger partial charge >= 0.3 is 5.97 Å². The van der Waals surface area contributed by atoms with E-state index < -0.39 is 23.2 Å². The first-order valence-corrected chi connectivity index (χ1v) is 6.63. The van der Waals surface area contributed by atoms with Crippen molar-refractivity contribution >= 4 is 11.9 Å². The molecule has 1 N–H and O–H groups in total. The highest BCUT2D eigenvalue weighted by molar-refractivity contribution is 5.94. The normalized spacial score (nSPS) is 22.6. The van der Waals surface area contributed by atoms with Crippen molar-refractivity contribution in [2.45, 2.75) is 26.2 Å². The average molecular weight is 280 g/mol. The molecule has 1 aliphatic heterocycles. The van der Waals surface area contributed by atoms with Crippen LogP contribution in [0.3, 0.4) is 0 Å². The summed E-state index contributed by atoms with van der Waals surface area (Å²) in [5.41, 5.74) is -1.03. The second-order valence-corrected chi connectivity index (χ2v) is 5.11. The topological polar surface area (TPSA) is 70.5 Å². The van der Waals surface area contributed by atoms with Crippen LogP contribution in [0.25, 0.3) is 0 Å². The molecular weight excluding hydrogens is 263 g/mol. The highest BCUT2D eigenvalue weighted by Gasteiger charge is 2.42. The lowest BCUT2D eigenvalue weighted by Crippen LogP contribution is -2.49. The highest BCUT2D eigenvalue weighted by Crippen LogP contribution is 2.34. The van der Waals surface area contributed by atoms with Crippen LogP contribution in [0, 0.1) is 11.4 Å². The van der Waals surface area contributed by atoms with E-state index in [0.717, 1.165) is 0 Å². The Morgan fingerprint density at radius 1 is 1.55 bits per heavy atom. The van der Waals surface area contributed by atoms with Gasteiger partial charge in [0.2, 0.25) is 5.95 Å². The Labute approximate surface area is 116 Å². The summed E-state index contributed by atoms with van der Waals surface area (Å²) in [6, 6.07) is 2.86.